The highest BCUT2D eigenvalue weighted by atomic mass is 16.5. The number of anilines is 1. The second-order valence-corrected chi connectivity index (χ2v) is 8.78. The van der Waals surface area contributed by atoms with Gasteiger partial charge >= 0.3 is 5.97 Å². The number of aromatic nitrogens is 1. The van der Waals surface area contributed by atoms with E-state index in [1.54, 1.807) is 0 Å². The summed E-state index contributed by atoms with van der Waals surface area (Å²) in [6.45, 7) is 5.02. The van der Waals surface area contributed by atoms with Gasteiger partial charge in [-0.2, -0.15) is 0 Å². The Morgan fingerprint density at radius 1 is 1.24 bits per heavy atom. The summed E-state index contributed by atoms with van der Waals surface area (Å²) in [6.07, 6.45) is 4.68. The Bertz CT molecular complexity index is 950. The lowest BCUT2D eigenvalue weighted by molar-refractivity contribution is -0.149. The molecule has 7 heteroatoms. The van der Waals surface area contributed by atoms with Gasteiger partial charge in [-0.1, -0.05) is 36.4 Å². The van der Waals surface area contributed by atoms with E-state index in [2.05, 4.69) is 27.7 Å². The van der Waals surface area contributed by atoms with Crippen LogP contribution in [-0.4, -0.2) is 54.5 Å². The summed E-state index contributed by atoms with van der Waals surface area (Å²) >= 11 is 0. The summed E-state index contributed by atoms with van der Waals surface area (Å²) in [5.41, 5.74) is 3.26. The van der Waals surface area contributed by atoms with E-state index in [9.17, 15) is 9.59 Å². The summed E-state index contributed by atoms with van der Waals surface area (Å²) in [4.78, 5) is 32.2. The fraction of sp³-hybridized carbons (Fsp3) is 0.500. The normalized spacial score (nSPS) is 18.8. The number of rotatable bonds is 9. The molecule has 0 saturated carbocycles. The van der Waals surface area contributed by atoms with Gasteiger partial charge in [0.1, 0.15) is 11.9 Å². The average molecular weight is 451 g/mol. The highest BCUT2D eigenvalue weighted by Gasteiger charge is 2.36. The van der Waals surface area contributed by atoms with Crippen molar-refractivity contribution in [3.63, 3.8) is 0 Å². The third-order valence-corrected chi connectivity index (χ3v) is 6.44. The maximum absolute atomic E-state index is 12.8. The highest BCUT2D eigenvalue weighted by Crippen LogP contribution is 2.29. The summed E-state index contributed by atoms with van der Waals surface area (Å²) < 4.78 is 5.33. The molecule has 3 heterocycles. The van der Waals surface area contributed by atoms with E-state index in [0.29, 0.717) is 26.2 Å². The summed E-state index contributed by atoms with van der Waals surface area (Å²) in [6, 6.07) is 13.5. The number of hydrogen-bond acceptors (Lipinski definition) is 6. The average Bonchev–Trinajstić information content (AvgIpc) is 3.32. The maximum atomic E-state index is 12.8. The van der Waals surface area contributed by atoms with E-state index in [4.69, 9.17) is 9.72 Å². The van der Waals surface area contributed by atoms with Crippen LogP contribution in [0.1, 0.15) is 49.0 Å². The van der Waals surface area contributed by atoms with Crippen molar-refractivity contribution in [2.45, 2.75) is 45.1 Å². The van der Waals surface area contributed by atoms with Crippen molar-refractivity contribution in [2.24, 2.45) is 5.92 Å². The molecule has 1 aromatic carbocycles. The third kappa shape index (κ3) is 5.90. The zero-order valence-corrected chi connectivity index (χ0v) is 19.4. The molecule has 0 radical (unpaired) electrons. The monoisotopic (exact) mass is 450 g/mol. The molecule has 1 amide bonds. The minimum absolute atomic E-state index is 0.0632. The molecule has 1 aromatic heterocycles. The van der Waals surface area contributed by atoms with Crippen LogP contribution in [0, 0.1) is 5.92 Å². The zero-order valence-electron chi connectivity index (χ0n) is 19.4. The molecule has 1 fully saturated rings. The van der Waals surface area contributed by atoms with Crippen LogP contribution >= 0.6 is 0 Å². The number of ether oxygens (including phenoxy) is 1. The predicted molar refractivity (Wildman–Crippen MR) is 128 cm³/mol. The molecular weight excluding hydrogens is 416 g/mol. The van der Waals surface area contributed by atoms with Gasteiger partial charge in [0.15, 0.2) is 0 Å². The van der Waals surface area contributed by atoms with Gasteiger partial charge in [0.25, 0.3) is 0 Å². The fourth-order valence-corrected chi connectivity index (χ4v) is 4.72. The third-order valence-electron chi connectivity index (χ3n) is 6.44. The van der Waals surface area contributed by atoms with Crippen molar-refractivity contribution in [3.8, 4) is 0 Å². The number of likely N-dealkylation sites (tertiary alicyclic amines) is 1. The van der Waals surface area contributed by atoms with Crippen LogP contribution in [0.2, 0.25) is 0 Å². The predicted octanol–water partition coefficient (Wildman–Crippen LogP) is 3.11. The van der Waals surface area contributed by atoms with Gasteiger partial charge < -0.3 is 15.4 Å². The van der Waals surface area contributed by atoms with Crippen LogP contribution < -0.4 is 10.6 Å². The zero-order chi connectivity index (χ0) is 23.0. The van der Waals surface area contributed by atoms with Gasteiger partial charge in [0.05, 0.1) is 12.5 Å². The molecule has 0 aliphatic carbocycles. The lowest BCUT2D eigenvalue weighted by Gasteiger charge is -2.26. The first-order valence-electron chi connectivity index (χ1n) is 12.1. The van der Waals surface area contributed by atoms with Gasteiger partial charge in [-0.25, -0.2) is 9.78 Å². The van der Waals surface area contributed by atoms with Crippen LogP contribution in [0.3, 0.4) is 0 Å². The van der Waals surface area contributed by atoms with Crippen LogP contribution in [0.25, 0.3) is 0 Å². The molecular formula is C26H34N4O3. The van der Waals surface area contributed by atoms with E-state index >= 15 is 0 Å². The molecule has 2 N–H and O–H groups in total. The number of nitrogens with one attached hydrogen (secondary N) is 2. The van der Waals surface area contributed by atoms with Gasteiger partial charge in [-0.15, -0.1) is 0 Å². The van der Waals surface area contributed by atoms with E-state index in [1.165, 1.54) is 5.56 Å². The van der Waals surface area contributed by atoms with Crippen LogP contribution in [-0.2, 0) is 27.2 Å². The number of carbonyl (C=O) groups excluding carboxylic acids is 2. The Hall–Kier alpha value is -2.93. The number of hydrogen-bond donors (Lipinski definition) is 2. The minimum Gasteiger partial charge on any atom is -0.465 e. The van der Waals surface area contributed by atoms with Gasteiger partial charge in [-0.05, 0) is 56.2 Å². The number of esters is 1. The molecule has 2 aliphatic rings. The minimum atomic E-state index is -0.465. The lowest BCUT2D eigenvalue weighted by Crippen LogP contribution is -2.37. The Kier molecular flexibility index (Phi) is 7.94. The Balaban J connectivity index is 1.26. The maximum Gasteiger partial charge on any atom is 0.327 e. The van der Waals surface area contributed by atoms with E-state index in [1.807, 2.05) is 37.3 Å². The van der Waals surface area contributed by atoms with Crippen molar-refractivity contribution in [1.82, 2.24) is 15.2 Å². The molecule has 4 rings (SSSR count). The number of carbonyl (C=O) groups is 2. The van der Waals surface area contributed by atoms with Crippen molar-refractivity contribution in [1.29, 1.82) is 0 Å². The Morgan fingerprint density at radius 2 is 2.09 bits per heavy atom. The van der Waals surface area contributed by atoms with Gasteiger partial charge in [-0.3, -0.25) is 9.69 Å². The van der Waals surface area contributed by atoms with Crippen LogP contribution in [0.5, 0.6) is 0 Å². The molecule has 0 spiro atoms. The molecule has 176 valence electrons. The molecule has 2 aromatic rings. The number of amides is 1. The van der Waals surface area contributed by atoms with Crippen LogP contribution in [0.4, 0.5) is 5.82 Å². The first-order chi connectivity index (χ1) is 16.2. The number of fused-ring (bicyclic) bond motifs is 1. The van der Waals surface area contributed by atoms with E-state index < -0.39 is 6.04 Å². The number of benzene rings is 1. The van der Waals surface area contributed by atoms with Crippen LogP contribution in [0.15, 0.2) is 42.5 Å². The lowest BCUT2D eigenvalue weighted by atomic mass is 10.1. The number of aryl methyl sites for hydroxylation is 2. The number of nitrogens with zero attached hydrogens (tertiary/aromatic N) is 2. The molecule has 33 heavy (non-hydrogen) atoms. The smallest absolute Gasteiger partial charge is 0.327 e. The van der Waals surface area contributed by atoms with Crippen molar-refractivity contribution in [3.05, 3.63) is 59.3 Å². The number of pyridine rings is 1. The standard InChI is InChI=1S/C26H34N4O3/c1-2-33-26(32)23(19-8-4-3-5-9-19)30-17-14-21(18-30)25(31)28-16-7-11-22-13-12-20-10-6-15-27-24(20)29-22/h3-5,8-9,12-13,21,23H,2,6-7,10-11,14-18H2,1H3,(H,27,29)(H,28,31). The summed E-state index contributed by atoms with van der Waals surface area (Å²) in [5, 5.41) is 6.46. The molecule has 7 nitrogen and oxygen atoms in total. The van der Waals surface area contributed by atoms with Crippen molar-refractivity contribution < 1.29 is 14.3 Å². The second-order valence-electron chi connectivity index (χ2n) is 8.78. The SMILES string of the molecule is CCOC(=O)C(c1ccccc1)N1CCC(C(=O)NCCCc2ccc3c(n2)NCCC3)C1. The first-order valence-corrected chi connectivity index (χ1v) is 12.1. The molecule has 1 saturated heterocycles. The van der Waals surface area contributed by atoms with E-state index in [0.717, 1.165) is 55.7 Å². The Labute approximate surface area is 195 Å². The molecule has 2 aliphatic heterocycles. The topological polar surface area (TPSA) is 83.6 Å². The Morgan fingerprint density at radius 3 is 2.91 bits per heavy atom. The fourth-order valence-electron chi connectivity index (χ4n) is 4.72. The van der Waals surface area contributed by atoms with Crippen molar-refractivity contribution >= 4 is 17.7 Å². The summed E-state index contributed by atoms with van der Waals surface area (Å²) in [7, 11) is 0. The molecule has 0 bridgehead atoms. The second kappa shape index (κ2) is 11.3. The van der Waals surface area contributed by atoms with Gasteiger partial charge in [0.2, 0.25) is 5.91 Å². The summed E-state index contributed by atoms with van der Waals surface area (Å²) in [5.74, 6) is 0.713. The van der Waals surface area contributed by atoms with Gasteiger partial charge in [0, 0.05) is 31.9 Å². The highest BCUT2D eigenvalue weighted by molar-refractivity contribution is 5.80. The first kappa shape index (κ1) is 23.2. The quantitative estimate of drug-likeness (QED) is 0.451. The van der Waals surface area contributed by atoms with E-state index in [-0.39, 0.29) is 17.8 Å². The molecule has 2 unspecified atom stereocenters. The van der Waals surface area contributed by atoms with Crippen molar-refractivity contribution in [2.75, 3.05) is 38.1 Å². The molecule has 2 atom stereocenters. The largest absolute Gasteiger partial charge is 0.465 e.